The van der Waals surface area contributed by atoms with Gasteiger partial charge < -0.3 is 47.8 Å². The Labute approximate surface area is 345 Å². The van der Waals surface area contributed by atoms with Gasteiger partial charge in [0.15, 0.2) is 18.4 Å². The molecule has 1 saturated carbocycles. The summed E-state index contributed by atoms with van der Waals surface area (Å²) < 4.78 is 92.7. The number of esters is 1. The molecule has 59 heavy (non-hydrogen) atoms. The maximum atomic E-state index is 14.9. The first kappa shape index (κ1) is 44.6. The molecule has 0 amide bonds. The van der Waals surface area contributed by atoms with Gasteiger partial charge in [-0.15, -0.1) is 0 Å². The monoisotopic (exact) mass is 839 g/mol. The van der Waals surface area contributed by atoms with Gasteiger partial charge in [-0.25, -0.2) is 4.98 Å². The lowest BCUT2D eigenvalue weighted by Crippen LogP contribution is -2.59. The molecular weight excluding hydrogens is 775 g/mol. The Bertz CT molecular complexity index is 1670. The van der Waals surface area contributed by atoms with Crippen LogP contribution in [-0.2, 0) is 53.7 Å². The van der Waals surface area contributed by atoms with Gasteiger partial charge in [-0.05, 0) is 96.7 Å². The summed E-state index contributed by atoms with van der Waals surface area (Å²) in [6, 6.07) is 0.248. The number of imidazole rings is 1. The molecule has 0 aromatic carbocycles. The number of methoxy groups -OCH3 is 3. The van der Waals surface area contributed by atoms with Crippen LogP contribution in [0.25, 0.3) is 0 Å². The number of halogens is 3. The molecule has 4 fully saturated rings. The molecule has 0 radical (unpaired) electrons. The number of H-pyrrole nitrogens is 1. The van der Waals surface area contributed by atoms with E-state index in [1.165, 1.54) is 0 Å². The summed E-state index contributed by atoms with van der Waals surface area (Å²) in [5.74, 6) is -4.75. The van der Waals surface area contributed by atoms with Crippen LogP contribution < -0.4 is 0 Å². The van der Waals surface area contributed by atoms with Crippen LogP contribution >= 0.6 is 0 Å². The fraction of sp³-hybridized carbons (Fsp3) is 0.837. The average Bonchev–Trinajstić information content (AvgIpc) is 3.91. The van der Waals surface area contributed by atoms with E-state index < -0.39 is 84.9 Å². The number of hydrogen-bond acceptors (Lipinski definition) is 12. The van der Waals surface area contributed by atoms with Gasteiger partial charge >= 0.3 is 12.1 Å². The van der Waals surface area contributed by atoms with Gasteiger partial charge in [0.2, 0.25) is 5.82 Å². The molecule has 0 unspecified atom stereocenters. The molecule has 17 atom stereocenters. The van der Waals surface area contributed by atoms with Crippen LogP contribution in [0.5, 0.6) is 0 Å². The number of nitrogens with one attached hydrogen (secondary N) is 1. The van der Waals surface area contributed by atoms with Crippen molar-refractivity contribution >= 4 is 11.8 Å². The molecule has 332 valence electrons. The Balaban J connectivity index is 1.22. The van der Waals surface area contributed by atoms with E-state index in [4.69, 9.17) is 37.9 Å². The highest BCUT2D eigenvalue weighted by Crippen LogP contribution is 2.61. The lowest BCUT2D eigenvalue weighted by atomic mass is 9.67. The molecule has 16 heteroatoms. The van der Waals surface area contributed by atoms with E-state index in [1.54, 1.807) is 21.3 Å². The Morgan fingerprint density at radius 2 is 1.63 bits per heavy atom. The molecular formula is C43H64F3N3O10. The van der Waals surface area contributed by atoms with E-state index >= 15 is 0 Å². The lowest BCUT2D eigenvalue weighted by molar-refractivity contribution is -0.314. The zero-order chi connectivity index (χ0) is 42.5. The number of fused-ring (bicyclic) bond motifs is 8. The predicted molar refractivity (Wildman–Crippen MR) is 207 cm³/mol. The third-order valence-electron chi connectivity index (χ3n) is 14.3. The Hall–Kier alpha value is -2.44. The third kappa shape index (κ3) is 8.80. The Kier molecular flexibility index (Phi) is 13.7. The normalized spacial score (nSPS) is 41.9. The first-order chi connectivity index (χ1) is 28.1. The van der Waals surface area contributed by atoms with Crippen LogP contribution in [0.1, 0.15) is 115 Å². The summed E-state index contributed by atoms with van der Waals surface area (Å²) in [5, 5.41) is 0. The van der Waals surface area contributed by atoms with E-state index in [1.807, 2.05) is 47.9 Å². The first-order valence-electron chi connectivity index (χ1n) is 21.6. The molecule has 6 aliphatic rings. The highest BCUT2D eigenvalue weighted by atomic mass is 19.4. The quantitative estimate of drug-likeness (QED) is 0.279. The standard InChI is InChI=1S/C43H64F3N3O10/c1-10-23-12-11-13-31(59-33-15-14-30(49(5)6)21(3)55-33)20(2)37(51)29-18-26-25-16-24(58-41-40(54-9)39(53-8)38(52-7)22(4)56-41)17-28(25)35-36(48-42(47-35)43(44,45)46)34(26)27(29)19-32(50)57-23/h18,20-28,30-31,33-34,38-41H,10-17,19H2,1-9H3,(H,47,48)/t20-,21-,22+,23+,24+,25+,26+,27-,28-,30+,31+,33+,34-,38+,39-,40-,41+/m1/s1. The number of carbonyl (C=O) groups is 2. The van der Waals surface area contributed by atoms with Crippen molar-refractivity contribution in [3.8, 4) is 0 Å². The molecule has 0 bridgehead atoms. The molecule has 3 aliphatic heterocycles. The van der Waals surface area contributed by atoms with Gasteiger partial charge in [0.1, 0.15) is 24.4 Å². The highest BCUT2D eigenvalue weighted by molar-refractivity contribution is 5.99. The lowest BCUT2D eigenvalue weighted by Gasteiger charge is -2.44. The Morgan fingerprint density at radius 1 is 0.898 bits per heavy atom. The molecule has 3 aliphatic carbocycles. The van der Waals surface area contributed by atoms with Crippen molar-refractivity contribution in [3.63, 3.8) is 0 Å². The van der Waals surface area contributed by atoms with Crippen molar-refractivity contribution in [2.24, 2.45) is 23.7 Å². The van der Waals surface area contributed by atoms with Gasteiger partial charge in [0, 0.05) is 56.7 Å². The van der Waals surface area contributed by atoms with E-state index in [0.717, 1.165) is 6.42 Å². The zero-order valence-corrected chi connectivity index (χ0v) is 35.9. The number of ketones is 1. The summed E-state index contributed by atoms with van der Waals surface area (Å²) in [6.45, 7) is 7.74. The van der Waals surface area contributed by atoms with Crippen LogP contribution in [0.3, 0.4) is 0 Å². The second-order valence-corrected chi connectivity index (χ2v) is 17.9. The maximum Gasteiger partial charge on any atom is 0.449 e. The SMILES string of the molecule is CC[C@H]1CCC[C@H](O[C@H]2CC[C@H](N(C)C)[C@@H](C)O2)[C@@H](C)C(=O)C2=C[C@H]3[C@@H]4C[C@H](O[C@@H]5O[C@@H](C)[C@H](OC)[C@@H](OC)[C@H]5OC)C[C@H]4c4[nH]c(C(F)(F)F)nc4[C@H]3[C@@H]2CC(=O)O1. The molecule has 7 rings (SSSR count). The van der Waals surface area contributed by atoms with E-state index in [2.05, 4.69) is 14.9 Å². The van der Waals surface area contributed by atoms with Gasteiger partial charge in [-0.3, -0.25) is 9.59 Å². The number of cyclic esters (lactones) is 1. The number of aromatic amines is 1. The van der Waals surface area contributed by atoms with Gasteiger partial charge in [0.05, 0.1) is 36.5 Å². The minimum Gasteiger partial charge on any atom is -0.462 e. The molecule has 3 saturated heterocycles. The van der Waals surface area contributed by atoms with Gasteiger partial charge in [-0.1, -0.05) is 19.9 Å². The second kappa shape index (κ2) is 18.1. The van der Waals surface area contributed by atoms with Crippen molar-refractivity contribution in [2.45, 2.75) is 171 Å². The summed E-state index contributed by atoms with van der Waals surface area (Å²) >= 11 is 0. The number of likely N-dealkylation sites (N-methyl/N-ethyl adjacent to an activating group) is 1. The molecule has 1 aromatic heterocycles. The minimum atomic E-state index is -4.74. The second-order valence-electron chi connectivity index (χ2n) is 17.9. The van der Waals surface area contributed by atoms with Crippen LogP contribution in [0.2, 0.25) is 0 Å². The highest BCUT2D eigenvalue weighted by Gasteiger charge is 2.58. The van der Waals surface area contributed by atoms with Crippen LogP contribution in [0.4, 0.5) is 13.2 Å². The van der Waals surface area contributed by atoms with E-state index in [-0.39, 0.29) is 53.9 Å². The number of rotatable bonds is 9. The summed E-state index contributed by atoms with van der Waals surface area (Å²) in [6.07, 6.45) is -2.66. The molecule has 4 heterocycles. The van der Waals surface area contributed by atoms with Gasteiger partial charge in [-0.2, -0.15) is 13.2 Å². The van der Waals surface area contributed by atoms with E-state index in [9.17, 15) is 22.8 Å². The number of carbonyl (C=O) groups excluding carboxylic acids is 2. The number of aromatic nitrogens is 2. The number of ether oxygens (including phenoxy) is 8. The largest absolute Gasteiger partial charge is 0.462 e. The van der Waals surface area contributed by atoms with Crippen molar-refractivity contribution in [1.29, 1.82) is 0 Å². The van der Waals surface area contributed by atoms with Crippen molar-refractivity contribution < 1.29 is 60.7 Å². The number of hydrogen-bond donors (Lipinski definition) is 1. The molecule has 1 aromatic rings. The Morgan fingerprint density at radius 3 is 2.27 bits per heavy atom. The van der Waals surface area contributed by atoms with Crippen molar-refractivity contribution in [2.75, 3.05) is 35.4 Å². The van der Waals surface area contributed by atoms with Crippen LogP contribution in [-0.4, -0.2) is 129 Å². The average molecular weight is 840 g/mol. The topological polar surface area (TPSA) is 140 Å². The minimum absolute atomic E-state index is 0.0659. The molecule has 0 spiro atoms. The van der Waals surface area contributed by atoms with Crippen molar-refractivity contribution in [3.05, 3.63) is 28.9 Å². The predicted octanol–water partition coefficient (Wildman–Crippen LogP) is 6.31. The van der Waals surface area contributed by atoms with Crippen molar-refractivity contribution in [1.82, 2.24) is 14.9 Å². The fourth-order valence-electron chi connectivity index (χ4n) is 11.3. The van der Waals surface area contributed by atoms with E-state index in [0.29, 0.717) is 56.2 Å². The fourth-order valence-corrected chi connectivity index (χ4v) is 11.3. The number of allylic oxidation sites excluding steroid dienone is 2. The maximum absolute atomic E-state index is 14.9. The number of alkyl halides is 3. The molecule has 13 nitrogen and oxygen atoms in total. The summed E-state index contributed by atoms with van der Waals surface area (Å²) in [4.78, 5) is 37.8. The third-order valence-corrected chi connectivity index (χ3v) is 14.3. The van der Waals surface area contributed by atoms with Crippen LogP contribution in [0.15, 0.2) is 11.6 Å². The summed E-state index contributed by atoms with van der Waals surface area (Å²) in [7, 11) is 8.77. The zero-order valence-electron chi connectivity index (χ0n) is 35.9. The summed E-state index contributed by atoms with van der Waals surface area (Å²) in [5.41, 5.74) is 1.06. The number of nitrogens with zero attached hydrogens (tertiary/aromatic N) is 2. The first-order valence-corrected chi connectivity index (χ1v) is 21.6. The van der Waals surface area contributed by atoms with Gasteiger partial charge in [0.25, 0.3) is 0 Å². The molecule has 1 N–H and O–H groups in total. The van der Waals surface area contributed by atoms with Crippen LogP contribution in [0, 0.1) is 23.7 Å². The number of Topliss-reactive ketones (excluding diaryl/α,β-unsaturated/α-hetero) is 1. The smallest absolute Gasteiger partial charge is 0.449 e.